The number of hydrogen-bond acceptors (Lipinski definition) is 3. The van der Waals surface area contributed by atoms with Crippen LogP contribution in [0.2, 0.25) is 0 Å². The molecule has 0 aliphatic heterocycles. The molecule has 0 saturated carbocycles. The lowest BCUT2D eigenvalue weighted by atomic mass is 10.2. The van der Waals surface area contributed by atoms with Crippen LogP contribution in [-0.4, -0.2) is 17.1 Å². The first-order chi connectivity index (χ1) is 9.36. The number of nitrogens with one attached hydrogen (secondary N) is 1. The number of hydrogen-bond donors (Lipinski definition) is 1. The SMILES string of the molecule is O=C(NN=C/C=C/c1ccccc1)c1ccncc1. The summed E-state index contributed by atoms with van der Waals surface area (Å²) in [6, 6.07) is 13.1. The van der Waals surface area contributed by atoms with Gasteiger partial charge in [-0.15, -0.1) is 0 Å². The van der Waals surface area contributed by atoms with E-state index in [1.165, 1.54) is 6.21 Å². The van der Waals surface area contributed by atoms with Gasteiger partial charge in [0.25, 0.3) is 5.91 Å². The first-order valence-corrected chi connectivity index (χ1v) is 5.81. The molecule has 4 nitrogen and oxygen atoms in total. The molecule has 19 heavy (non-hydrogen) atoms. The fourth-order valence-corrected chi connectivity index (χ4v) is 1.43. The molecule has 1 aromatic carbocycles. The van der Waals surface area contributed by atoms with E-state index in [0.717, 1.165) is 5.56 Å². The highest BCUT2D eigenvalue weighted by Gasteiger charge is 2.01. The molecule has 1 N–H and O–H groups in total. The number of aromatic nitrogens is 1. The highest BCUT2D eigenvalue weighted by Crippen LogP contribution is 1.99. The third kappa shape index (κ3) is 4.20. The number of benzene rings is 1. The standard InChI is InChI=1S/C15H13N3O/c19-15(14-8-11-16-12-9-14)18-17-10-4-7-13-5-2-1-3-6-13/h1-12H,(H,18,19)/b7-4+,17-10?. The molecule has 94 valence electrons. The van der Waals surface area contributed by atoms with Gasteiger partial charge < -0.3 is 0 Å². The highest BCUT2D eigenvalue weighted by molar-refractivity contribution is 5.94. The summed E-state index contributed by atoms with van der Waals surface area (Å²) < 4.78 is 0. The zero-order chi connectivity index (χ0) is 13.3. The van der Waals surface area contributed by atoms with Gasteiger partial charge in [-0.1, -0.05) is 36.4 Å². The summed E-state index contributed by atoms with van der Waals surface area (Å²) in [4.78, 5) is 15.4. The van der Waals surface area contributed by atoms with E-state index >= 15 is 0 Å². The van der Waals surface area contributed by atoms with Crippen LogP contribution in [0.3, 0.4) is 0 Å². The summed E-state index contributed by atoms with van der Waals surface area (Å²) in [6.07, 6.45) is 8.33. The van der Waals surface area contributed by atoms with Gasteiger partial charge in [0.2, 0.25) is 0 Å². The van der Waals surface area contributed by atoms with Crippen molar-refractivity contribution in [1.29, 1.82) is 0 Å². The molecule has 0 unspecified atom stereocenters. The van der Waals surface area contributed by atoms with Crippen LogP contribution in [0.15, 0.2) is 66.0 Å². The van der Waals surface area contributed by atoms with Gasteiger partial charge >= 0.3 is 0 Å². The molecule has 0 bridgehead atoms. The largest absolute Gasteiger partial charge is 0.271 e. The van der Waals surface area contributed by atoms with Gasteiger partial charge in [0, 0.05) is 24.2 Å². The molecular weight excluding hydrogens is 238 g/mol. The molecule has 1 heterocycles. The minimum absolute atomic E-state index is 0.258. The molecule has 0 saturated heterocycles. The van der Waals surface area contributed by atoms with Crippen LogP contribution in [0.4, 0.5) is 0 Å². The van der Waals surface area contributed by atoms with E-state index in [9.17, 15) is 4.79 Å². The summed E-state index contributed by atoms with van der Waals surface area (Å²) in [6.45, 7) is 0. The Labute approximate surface area is 111 Å². The molecule has 1 aromatic heterocycles. The van der Waals surface area contributed by atoms with E-state index < -0.39 is 0 Å². The molecule has 0 spiro atoms. The number of carbonyl (C=O) groups excluding carboxylic acids is 1. The fraction of sp³-hybridized carbons (Fsp3) is 0. The molecular formula is C15H13N3O. The Morgan fingerprint density at radius 1 is 1.11 bits per heavy atom. The van der Waals surface area contributed by atoms with Crippen molar-refractivity contribution in [3.05, 3.63) is 72.1 Å². The molecule has 0 radical (unpaired) electrons. The second-order valence-corrected chi connectivity index (χ2v) is 3.72. The number of rotatable bonds is 4. The summed E-state index contributed by atoms with van der Waals surface area (Å²) in [5.41, 5.74) is 4.04. The minimum atomic E-state index is -0.258. The van der Waals surface area contributed by atoms with Crippen LogP contribution in [0, 0.1) is 0 Å². The van der Waals surface area contributed by atoms with Crippen LogP contribution in [0.5, 0.6) is 0 Å². The maximum absolute atomic E-state index is 11.6. The third-order valence-electron chi connectivity index (χ3n) is 2.36. The predicted molar refractivity (Wildman–Crippen MR) is 75.7 cm³/mol. The van der Waals surface area contributed by atoms with Crippen molar-refractivity contribution < 1.29 is 4.79 Å². The van der Waals surface area contributed by atoms with Gasteiger partial charge in [0.1, 0.15) is 0 Å². The van der Waals surface area contributed by atoms with Crippen molar-refractivity contribution in [1.82, 2.24) is 10.4 Å². The zero-order valence-corrected chi connectivity index (χ0v) is 10.2. The molecule has 0 atom stereocenters. The minimum Gasteiger partial charge on any atom is -0.267 e. The van der Waals surface area contributed by atoms with Crippen LogP contribution in [0.25, 0.3) is 6.08 Å². The topological polar surface area (TPSA) is 54.4 Å². The second kappa shape index (κ2) is 6.86. The smallest absolute Gasteiger partial charge is 0.267 e. The maximum atomic E-state index is 11.6. The first-order valence-electron chi connectivity index (χ1n) is 5.81. The van der Waals surface area contributed by atoms with Gasteiger partial charge in [-0.3, -0.25) is 9.78 Å². The van der Waals surface area contributed by atoms with Crippen LogP contribution >= 0.6 is 0 Å². The number of pyridine rings is 1. The van der Waals surface area contributed by atoms with E-state index in [0.29, 0.717) is 5.56 Å². The summed E-state index contributed by atoms with van der Waals surface area (Å²) >= 11 is 0. The number of carbonyl (C=O) groups is 1. The molecule has 2 rings (SSSR count). The fourth-order valence-electron chi connectivity index (χ4n) is 1.43. The second-order valence-electron chi connectivity index (χ2n) is 3.72. The lowest BCUT2D eigenvalue weighted by molar-refractivity contribution is 0.0955. The van der Waals surface area contributed by atoms with Gasteiger partial charge in [-0.05, 0) is 23.8 Å². The summed E-state index contributed by atoms with van der Waals surface area (Å²) in [7, 11) is 0. The van der Waals surface area contributed by atoms with Crippen molar-refractivity contribution in [3.8, 4) is 0 Å². The number of allylic oxidation sites excluding steroid dienone is 1. The quantitative estimate of drug-likeness (QED) is 0.670. The van der Waals surface area contributed by atoms with Crippen LogP contribution < -0.4 is 5.43 Å². The first kappa shape index (κ1) is 12.7. The average molecular weight is 251 g/mol. The van der Waals surface area contributed by atoms with Crippen LogP contribution in [0.1, 0.15) is 15.9 Å². The van der Waals surface area contributed by atoms with E-state index in [-0.39, 0.29) is 5.91 Å². The summed E-state index contributed by atoms with van der Waals surface area (Å²) in [5.74, 6) is -0.258. The van der Waals surface area contributed by atoms with Gasteiger partial charge in [0.05, 0.1) is 0 Å². The van der Waals surface area contributed by atoms with Gasteiger partial charge in [0.15, 0.2) is 0 Å². The van der Waals surface area contributed by atoms with E-state index in [1.807, 2.05) is 36.4 Å². The molecule has 2 aromatic rings. The molecule has 1 amide bonds. The Balaban J connectivity index is 1.84. The Bertz CT molecular complexity index is 577. The van der Waals surface area contributed by atoms with E-state index in [4.69, 9.17) is 0 Å². The predicted octanol–water partition coefficient (Wildman–Crippen LogP) is 2.51. The zero-order valence-electron chi connectivity index (χ0n) is 10.2. The lowest BCUT2D eigenvalue weighted by Crippen LogP contribution is -2.17. The lowest BCUT2D eigenvalue weighted by Gasteiger charge is -1.97. The maximum Gasteiger partial charge on any atom is 0.271 e. The van der Waals surface area contributed by atoms with Crippen LogP contribution in [-0.2, 0) is 0 Å². The number of hydrazone groups is 1. The average Bonchev–Trinajstić information content (AvgIpc) is 2.49. The van der Waals surface area contributed by atoms with Gasteiger partial charge in [-0.2, -0.15) is 5.10 Å². The highest BCUT2D eigenvalue weighted by atomic mass is 16.2. The van der Waals surface area contributed by atoms with E-state index in [2.05, 4.69) is 15.5 Å². The van der Waals surface area contributed by atoms with Crippen molar-refractivity contribution in [2.24, 2.45) is 5.10 Å². The van der Waals surface area contributed by atoms with Crippen molar-refractivity contribution >= 4 is 18.2 Å². The Morgan fingerprint density at radius 3 is 2.58 bits per heavy atom. The molecule has 0 aliphatic carbocycles. The molecule has 0 fully saturated rings. The third-order valence-corrected chi connectivity index (χ3v) is 2.36. The Morgan fingerprint density at radius 2 is 1.84 bits per heavy atom. The molecule has 0 aliphatic rings. The van der Waals surface area contributed by atoms with Gasteiger partial charge in [-0.25, -0.2) is 5.43 Å². The monoisotopic (exact) mass is 251 g/mol. The summed E-state index contributed by atoms with van der Waals surface area (Å²) in [5, 5.41) is 3.83. The Kier molecular flexibility index (Phi) is 4.58. The number of nitrogens with zero attached hydrogens (tertiary/aromatic N) is 2. The van der Waals surface area contributed by atoms with Crippen molar-refractivity contribution in [2.45, 2.75) is 0 Å². The normalized spacial score (nSPS) is 10.9. The molecule has 4 heteroatoms. The van der Waals surface area contributed by atoms with E-state index in [1.54, 1.807) is 30.6 Å². The van der Waals surface area contributed by atoms with Crippen molar-refractivity contribution in [2.75, 3.05) is 0 Å². The Hall–Kier alpha value is -2.75. The number of amides is 1. The van der Waals surface area contributed by atoms with Crippen molar-refractivity contribution in [3.63, 3.8) is 0 Å².